The molecule has 0 aliphatic carbocycles. The number of thioether (sulfide) groups is 1. The number of aromatic nitrogens is 2. The molecule has 0 saturated heterocycles. The van der Waals surface area contributed by atoms with Crippen molar-refractivity contribution < 1.29 is 4.79 Å². The molecule has 0 N–H and O–H groups in total. The van der Waals surface area contributed by atoms with Crippen LogP contribution in [0.25, 0.3) is 0 Å². The minimum Gasteiger partial charge on any atom is -0.279 e. The van der Waals surface area contributed by atoms with Crippen molar-refractivity contribution in [2.45, 2.75) is 0 Å². The Kier molecular flexibility index (Phi) is 2.18. The maximum atomic E-state index is 10.7. The molecule has 0 spiro atoms. The molecule has 9 heavy (non-hydrogen) atoms. The molecule has 3 nitrogen and oxygen atoms in total. The third kappa shape index (κ3) is 1.49. The van der Waals surface area contributed by atoms with E-state index in [4.69, 9.17) is 0 Å². The van der Waals surface area contributed by atoms with Crippen LogP contribution in [0.1, 0.15) is 9.80 Å². The van der Waals surface area contributed by atoms with Crippen LogP contribution in [0.4, 0.5) is 0 Å². The van der Waals surface area contributed by atoms with Gasteiger partial charge >= 0.3 is 0 Å². The summed E-state index contributed by atoms with van der Waals surface area (Å²) in [4.78, 5) is 10.7. The van der Waals surface area contributed by atoms with Gasteiger partial charge in [0.2, 0.25) is 5.12 Å². The highest BCUT2D eigenvalue weighted by Gasteiger charge is 2.05. The molecular weight excluding hydrogens is 156 g/mol. The molecule has 5 heteroatoms. The highest BCUT2D eigenvalue weighted by Crippen LogP contribution is 2.09. The second-order valence-electron chi connectivity index (χ2n) is 1.24. The van der Waals surface area contributed by atoms with Crippen molar-refractivity contribution in [1.29, 1.82) is 0 Å². The van der Waals surface area contributed by atoms with Gasteiger partial charge in [-0.15, -0.1) is 10.2 Å². The standard InChI is InChI=1S/C4H4N2OS2/c1-8-4(7)3-6-5-2-9-3/h2H,1H3. The Hall–Kier alpha value is -0.420. The summed E-state index contributed by atoms with van der Waals surface area (Å²) in [6.45, 7) is 0. The van der Waals surface area contributed by atoms with Crippen molar-refractivity contribution in [2.24, 2.45) is 0 Å². The SMILES string of the molecule is CSC(=O)c1nncs1. The summed E-state index contributed by atoms with van der Waals surface area (Å²) < 4.78 is 0. The van der Waals surface area contributed by atoms with Crippen LogP contribution in [0.15, 0.2) is 5.51 Å². The fourth-order valence-corrected chi connectivity index (χ4v) is 1.34. The van der Waals surface area contributed by atoms with Crippen LogP contribution in [0, 0.1) is 0 Å². The average molecular weight is 160 g/mol. The molecule has 0 atom stereocenters. The molecule has 0 bridgehead atoms. The molecule has 1 aromatic heterocycles. The van der Waals surface area contributed by atoms with Crippen molar-refractivity contribution in [1.82, 2.24) is 10.2 Å². The zero-order valence-electron chi connectivity index (χ0n) is 4.70. The summed E-state index contributed by atoms with van der Waals surface area (Å²) in [5, 5.41) is 7.57. The van der Waals surface area contributed by atoms with Crippen molar-refractivity contribution in [3.63, 3.8) is 0 Å². The Morgan fingerprint density at radius 1 is 1.89 bits per heavy atom. The van der Waals surface area contributed by atoms with Crippen molar-refractivity contribution in [2.75, 3.05) is 6.26 Å². The Balaban J connectivity index is 2.77. The molecule has 0 amide bonds. The minimum atomic E-state index is -0.0162. The molecule has 0 aliphatic rings. The quantitative estimate of drug-likeness (QED) is 0.615. The summed E-state index contributed by atoms with van der Waals surface area (Å²) in [5.74, 6) is 0. The molecule has 0 radical (unpaired) electrons. The minimum absolute atomic E-state index is 0.0162. The molecule has 0 aromatic carbocycles. The summed E-state index contributed by atoms with van der Waals surface area (Å²) in [7, 11) is 0. The van der Waals surface area contributed by atoms with Gasteiger partial charge in [-0.25, -0.2) is 0 Å². The van der Waals surface area contributed by atoms with Gasteiger partial charge in [0.05, 0.1) is 0 Å². The molecule has 1 aromatic rings. The fourth-order valence-electron chi connectivity index (χ4n) is 0.349. The van der Waals surface area contributed by atoms with Gasteiger partial charge in [0.1, 0.15) is 5.51 Å². The monoisotopic (exact) mass is 160 g/mol. The molecule has 1 rings (SSSR count). The summed E-state index contributed by atoms with van der Waals surface area (Å²) in [5.41, 5.74) is 1.55. The molecule has 0 aliphatic heterocycles. The first-order chi connectivity index (χ1) is 4.34. The van der Waals surface area contributed by atoms with Crippen LogP contribution >= 0.6 is 23.1 Å². The van der Waals surface area contributed by atoms with Crippen molar-refractivity contribution >= 4 is 28.2 Å². The van der Waals surface area contributed by atoms with Gasteiger partial charge in [-0.05, 0) is 6.26 Å². The van der Waals surface area contributed by atoms with Crippen LogP contribution in [0.3, 0.4) is 0 Å². The fraction of sp³-hybridized carbons (Fsp3) is 0.250. The highest BCUT2D eigenvalue weighted by atomic mass is 32.2. The van der Waals surface area contributed by atoms with E-state index in [9.17, 15) is 4.79 Å². The topological polar surface area (TPSA) is 42.9 Å². The van der Waals surface area contributed by atoms with Crippen molar-refractivity contribution in [3.05, 3.63) is 10.5 Å². The van der Waals surface area contributed by atoms with E-state index in [2.05, 4.69) is 10.2 Å². The zero-order chi connectivity index (χ0) is 6.69. The van der Waals surface area contributed by atoms with E-state index < -0.39 is 0 Å². The Labute approximate surface area is 60.5 Å². The second kappa shape index (κ2) is 2.93. The largest absolute Gasteiger partial charge is 0.279 e. The van der Waals surface area contributed by atoms with Crippen LogP contribution in [0.2, 0.25) is 0 Å². The molecule has 0 unspecified atom stereocenters. The first kappa shape index (κ1) is 6.70. The van der Waals surface area contributed by atoms with Gasteiger partial charge < -0.3 is 0 Å². The predicted octanol–water partition coefficient (Wildman–Crippen LogP) is 1.04. The van der Waals surface area contributed by atoms with Gasteiger partial charge in [-0.3, -0.25) is 4.79 Å². The lowest BCUT2D eigenvalue weighted by Crippen LogP contribution is -1.89. The Morgan fingerprint density at radius 2 is 2.67 bits per heavy atom. The average Bonchev–Trinajstić information content (AvgIpc) is 2.37. The summed E-state index contributed by atoms with van der Waals surface area (Å²) in [6, 6.07) is 0. The van der Waals surface area contributed by atoms with Gasteiger partial charge in [-0.2, -0.15) is 0 Å². The van der Waals surface area contributed by atoms with E-state index in [1.807, 2.05) is 0 Å². The number of hydrogen-bond acceptors (Lipinski definition) is 5. The van der Waals surface area contributed by atoms with Crippen molar-refractivity contribution in [3.8, 4) is 0 Å². The van der Waals surface area contributed by atoms with Crippen LogP contribution in [-0.2, 0) is 0 Å². The molecule has 1 heterocycles. The lowest BCUT2D eigenvalue weighted by molar-refractivity contribution is 0.108. The summed E-state index contributed by atoms with van der Waals surface area (Å²) >= 11 is 2.41. The number of rotatable bonds is 1. The highest BCUT2D eigenvalue weighted by molar-refractivity contribution is 8.13. The van der Waals surface area contributed by atoms with Gasteiger partial charge in [-0.1, -0.05) is 23.1 Å². The maximum Gasteiger partial charge on any atom is 0.249 e. The Bertz CT molecular complexity index is 196. The third-order valence-electron chi connectivity index (χ3n) is 0.720. The number of nitrogens with zero attached hydrogens (tertiary/aromatic N) is 2. The zero-order valence-corrected chi connectivity index (χ0v) is 6.33. The number of carbonyl (C=O) groups is 1. The maximum absolute atomic E-state index is 10.7. The number of carbonyl (C=O) groups excluding carboxylic acids is 1. The number of hydrogen-bond donors (Lipinski definition) is 0. The van der Waals surface area contributed by atoms with Gasteiger partial charge in [0, 0.05) is 0 Å². The third-order valence-corrected chi connectivity index (χ3v) is 2.10. The van der Waals surface area contributed by atoms with E-state index >= 15 is 0 Å². The molecule has 0 saturated carbocycles. The summed E-state index contributed by atoms with van der Waals surface area (Å²) in [6.07, 6.45) is 1.73. The first-order valence-corrected chi connectivity index (χ1v) is 4.29. The van der Waals surface area contributed by atoms with E-state index in [0.717, 1.165) is 11.8 Å². The first-order valence-electron chi connectivity index (χ1n) is 2.19. The predicted molar refractivity (Wildman–Crippen MR) is 37.8 cm³/mol. The van der Waals surface area contributed by atoms with Crippen LogP contribution in [0.5, 0.6) is 0 Å². The molecule has 0 fully saturated rings. The second-order valence-corrected chi connectivity index (χ2v) is 2.85. The van der Waals surface area contributed by atoms with E-state index in [-0.39, 0.29) is 5.12 Å². The molecular formula is C4H4N2OS2. The lowest BCUT2D eigenvalue weighted by atomic mass is 10.8. The van der Waals surface area contributed by atoms with Crippen LogP contribution < -0.4 is 0 Å². The molecule has 48 valence electrons. The lowest BCUT2D eigenvalue weighted by Gasteiger charge is -1.82. The van der Waals surface area contributed by atoms with Crippen LogP contribution in [-0.4, -0.2) is 21.6 Å². The normalized spacial score (nSPS) is 9.44. The van der Waals surface area contributed by atoms with Gasteiger partial charge in [0.25, 0.3) is 0 Å². The van der Waals surface area contributed by atoms with E-state index in [1.165, 1.54) is 11.3 Å². The smallest absolute Gasteiger partial charge is 0.249 e. The van der Waals surface area contributed by atoms with E-state index in [1.54, 1.807) is 11.8 Å². The van der Waals surface area contributed by atoms with E-state index in [0.29, 0.717) is 5.01 Å². The van der Waals surface area contributed by atoms with Gasteiger partial charge in [0.15, 0.2) is 5.01 Å². The Morgan fingerprint density at radius 3 is 3.11 bits per heavy atom.